The van der Waals surface area contributed by atoms with Crippen molar-refractivity contribution in [1.29, 1.82) is 0 Å². The van der Waals surface area contributed by atoms with Crippen molar-refractivity contribution in [2.24, 2.45) is 0 Å². The zero-order chi connectivity index (χ0) is 13.1. The molecule has 1 unspecified atom stereocenters. The third-order valence-corrected chi connectivity index (χ3v) is 3.00. The van der Waals surface area contributed by atoms with Gasteiger partial charge in [0.1, 0.15) is 11.7 Å². The van der Waals surface area contributed by atoms with Crippen LogP contribution >= 0.6 is 0 Å². The molecule has 4 heteroatoms. The van der Waals surface area contributed by atoms with Crippen LogP contribution in [0.5, 0.6) is 0 Å². The molecule has 1 N–H and O–H groups in total. The molecule has 0 spiro atoms. The van der Waals surface area contributed by atoms with Crippen LogP contribution in [0.1, 0.15) is 37.9 Å². The predicted molar refractivity (Wildman–Crippen MR) is 66.1 cm³/mol. The number of carboxylic acid groups (broad SMARTS) is 1. The Labute approximate surface area is 104 Å². The fraction of sp³-hybridized carbons (Fsp3) is 0.357. The number of halogens is 1. The SMILES string of the molecule is CCCCC(C(=O)O)c1cc2cccc(F)c2o1. The van der Waals surface area contributed by atoms with Gasteiger partial charge in [-0.25, -0.2) is 4.39 Å². The highest BCUT2D eigenvalue weighted by atomic mass is 19.1. The first-order valence-corrected chi connectivity index (χ1v) is 6.04. The van der Waals surface area contributed by atoms with Crippen molar-refractivity contribution in [2.45, 2.75) is 32.1 Å². The molecular weight excluding hydrogens is 235 g/mol. The second-order valence-electron chi connectivity index (χ2n) is 4.34. The number of rotatable bonds is 5. The Morgan fingerprint density at radius 3 is 2.89 bits per heavy atom. The minimum atomic E-state index is -0.928. The lowest BCUT2D eigenvalue weighted by Crippen LogP contribution is -2.10. The molecule has 2 aromatic rings. The van der Waals surface area contributed by atoms with E-state index in [1.165, 1.54) is 6.07 Å². The summed E-state index contributed by atoms with van der Waals surface area (Å²) >= 11 is 0. The summed E-state index contributed by atoms with van der Waals surface area (Å²) in [5.74, 6) is -1.76. The third-order valence-electron chi connectivity index (χ3n) is 3.00. The number of furan rings is 1. The molecule has 0 fully saturated rings. The summed E-state index contributed by atoms with van der Waals surface area (Å²) in [6, 6.07) is 6.22. The minimum absolute atomic E-state index is 0.134. The highest BCUT2D eigenvalue weighted by molar-refractivity contribution is 5.82. The van der Waals surface area contributed by atoms with E-state index in [2.05, 4.69) is 0 Å². The van der Waals surface area contributed by atoms with E-state index in [9.17, 15) is 14.3 Å². The smallest absolute Gasteiger partial charge is 0.314 e. The zero-order valence-corrected chi connectivity index (χ0v) is 10.1. The van der Waals surface area contributed by atoms with E-state index in [0.29, 0.717) is 17.6 Å². The van der Waals surface area contributed by atoms with Gasteiger partial charge >= 0.3 is 5.97 Å². The number of benzene rings is 1. The van der Waals surface area contributed by atoms with Crippen molar-refractivity contribution in [3.8, 4) is 0 Å². The average molecular weight is 250 g/mol. The Hall–Kier alpha value is -1.84. The summed E-state index contributed by atoms with van der Waals surface area (Å²) in [5, 5.41) is 9.80. The van der Waals surface area contributed by atoms with E-state index in [1.54, 1.807) is 18.2 Å². The van der Waals surface area contributed by atoms with Gasteiger partial charge < -0.3 is 9.52 Å². The Balaban J connectivity index is 2.38. The molecule has 96 valence electrons. The highest BCUT2D eigenvalue weighted by Crippen LogP contribution is 2.30. The van der Waals surface area contributed by atoms with Crippen molar-refractivity contribution in [3.63, 3.8) is 0 Å². The van der Waals surface area contributed by atoms with E-state index >= 15 is 0 Å². The lowest BCUT2D eigenvalue weighted by atomic mass is 9.99. The molecule has 0 saturated carbocycles. The van der Waals surface area contributed by atoms with Crippen LogP contribution in [0, 0.1) is 5.82 Å². The van der Waals surface area contributed by atoms with Gasteiger partial charge in [0, 0.05) is 5.39 Å². The number of carbonyl (C=O) groups is 1. The molecule has 0 aliphatic heterocycles. The van der Waals surface area contributed by atoms with Crippen LogP contribution in [0.3, 0.4) is 0 Å². The van der Waals surface area contributed by atoms with Crippen LogP contribution in [0.15, 0.2) is 28.7 Å². The van der Waals surface area contributed by atoms with Crippen molar-refractivity contribution in [1.82, 2.24) is 0 Å². The molecule has 1 aromatic carbocycles. The Morgan fingerprint density at radius 2 is 2.28 bits per heavy atom. The quantitative estimate of drug-likeness (QED) is 0.874. The molecule has 3 nitrogen and oxygen atoms in total. The monoisotopic (exact) mass is 250 g/mol. The van der Waals surface area contributed by atoms with Gasteiger partial charge in [0.05, 0.1) is 0 Å². The van der Waals surface area contributed by atoms with Crippen LogP contribution < -0.4 is 0 Å². The summed E-state index contributed by atoms with van der Waals surface area (Å²) in [6.07, 6.45) is 2.22. The van der Waals surface area contributed by atoms with Gasteiger partial charge in [-0.1, -0.05) is 31.9 Å². The molecular formula is C14H15FO3. The molecule has 0 radical (unpaired) electrons. The lowest BCUT2D eigenvalue weighted by molar-refractivity contribution is -0.139. The van der Waals surface area contributed by atoms with Crippen LogP contribution in [-0.4, -0.2) is 11.1 Å². The largest absolute Gasteiger partial charge is 0.481 e. The fourth-order valence-electron chi connectivity index (χ4n) is 2.01. The van der Waals surface area contributed by atoms with Crippen LogP contribution in [0.4, 0.5) is 4.39 Å². The summed E-state index contributed by atoms with van der Waals surface area (Å²) in [7, 11) is 0. The first-order chi connectivity index (χ1) is 8.63. The molecule has 0 aliphatic rings. The first-order valence-electron chi connectivity index (χ1n) is 6.04. The molecule has 18 heavy (non-hydrogen) atoms. The number of aliphatic carboxylic acids is 1. The maximum absolute atomic E-state index is 13.5. The van der Waals surface area contributed by atoms with Crippen molar-refractivity contribution in [2.75, 3.05) is 0 Å². The molecule has 1 atom stereocenters. The number of fused-ring (bicyclic) bond motifs is 1. The van der Waals surface area contributed by atoms with Gasteiger partial charge in [0.25, 0.3) is 0 Å². The fourth-order valence-corrected chi connectivity index (χ4v) is 2.01. The topological polar surface area (TPSA) is 50.4 Å². The van der Waals surface area contributed by atoms with Gasteiger partial charge in [-0.2, -0.15) is 0 Å². The van der Waals surface area contributed by atoms with Crippen molar-refractivity contribution >= 4 is 16.9 Å². The van der Waals surface area contributed by atoms with Crippen LogP contribution in [0.25, 0.3) is 11.0 Å². The minimum Gasteiger partial charge on any atom is -0.481 e. The molecule has 0 aliphatic carbocycles. The zero-order valence-electron chi connectivity index (χ0n) is 10.1. The lowest BCUT2D eigenvalue weighted by Gasteiger charge is -2.07. The van der Waals surface area contributed by atoms with E-state index in [0.717, 1.165) is 12.8 Å². The molecule has 2 rings (SSSR count). The number of carboxylic acids is 1. The highest BCUT2D eigenvalue weighted by Gasteiger charge is 2.23. The van der Waals surface area contributed by atoms with Gasteiger partial charge in [0.15, 0.2) is 11.4 Å². The second-order valence-corrected chi connectivity index (χ2v) is 4.34. The summed E-state index contributed by atoms with van der Waals surface area (Å²) in [6.45, 7) is 2.00. The van der Waals surface area contributed by atoms with Crippen molar-refractivity contribution in [3.05, 3.63) is 35.8 Å². The maximum atomic E-state index is 13.5. The molecule has 0 amide bonds. The maximum Gasteiger partial charge on any atom is 0.314 e. The van der Waals surface area contributed by atoms with Gasteiger partial charge in [-0.05, 0) is 18.6 Å². The molecule has 0 saturated heterocycles. The predicted octanol–water partition coefficient (Wildman–Crippen LogP) is 3.93. The molecule has 1 heterocycles. The van der Waals surface area contributed by atoms with Crippen LogP contribution in [0.2, 0.25) is 0 Å². The molecule has 0 bridgehead atoms. The average Bonchev–Trinajstić information content (AvgIpc) is 2.74. The Kier molecular flexibility index (Phi) is 3.65. The summed E-state index contributed by atoms with van der Waals surface area (Å²) < 4.78 is 18.8. The summed E-state index contributed by atoms with van der Waals surface area (Å²) in [4.78, 5) is 11.2. The number of para-hydroxylation sites is 1. The number of unbranched alkanes of at least 4 members (excludes halogenated alkanes) is 1. The molecule has 1 aromatic heterocycles. The van der Waals surface area contributed by atoms with E-state index in [-0.39, 0.29) is 5.58 Å². The van der Waals surface area contributed by atoms with Gasteiger partial charge in [0.2, 0.25) is 0 Å². The third kappa shape index (κ3) is 2.37. The Morgan fingerprint density at radius 1 is 1.50 bits per heavy atom. The number of hydrogen-bond acceptors (Lipinski definition) is 2. The number of hydrogen-bond donors (Lipinski definition) is 1. The normalized spacial score (nSPS) is 12.8. The van der Waals surface area contributed by atoms with Crippen LogP contribution in [-0.2, 0) is 4.79 Å². The van der Waals surface area contributed by atoms with E-state index in [1.807, 2.05) is 6.92 Å². The van der Waals surface area contributed by atoms with Crippen molar-refractivity contribution < 1.29 is 18.7 Å². The standard InChI is InChI=1S/C14H15FO3/c1-2-3-6-10(14(16)17)12-8-9-5-4-7-11(15)13(9)18-12/h4-5,7-8,10H,2-3,6H2,1H3,(H,16,17). The summed E-state index contributed by atoms with van der Waals surface area (Å²) in [5.41, 5.74) is 0.134. The van der Waals surface area contributed by atoms with Gasteiger partial charge in [-0.3, -0.25) is 4.79 Å². The van der Waals surface area contributed by atoms with E-state index < -0.39 is 17.7 Å². The van der Waals surface area contributed by atoms with Gasteiger partial charge in [-0.15, -0.1) is 0 Å². The first kappa shape index (κ1) is 12.6. The van der Waals surface area contributed by atoms with E-state index in [4.69, 9.17) is 4.42 Å². The second kappa shape index (κ2) is 5.21. The Bertz CT molecular complexity index is 559.